The molecule has 1 heterocycles. The van der Waals surface area contributed by atoms with Crippen molar-refractivity contribution in [3.63, 3.8) is 0 Å². The minimum atomic E-state index is -3.61. The summed E-state index contributed by atoms with van der Waals surface area (Å²) in [6, 6.07) is 0.194. The van der Waals surface area contributed by atoms with Gasteiger partial charge in [0.25, 0.3) is 10.0 Å². The summed E-state index contributed by atoms with van der Waals surface area (Å²) in [6.07, 6.45) is 0.750. The van der Waals surface area contributed by atoms with E-state index in [1.807, 2.05) is 41.5 Å². The molecule has 0 aliphatic rings. The lowest BCUT2D eigenvalue weighted by molar-refractivity contribution is 0.436. The molecule has 7 heteroatoms. The number of sulfonamides is 1. The largest absolute Gasteiger partial charge is 0.310 e. The van der Waals surface area contributed by atoms with Crippen molar-refractivity contribution in [2.45, 2.75) is 71.6 Å². The van der Waals surface area contributed by atoms with Crippen molar-refractivity contribution < 1.29 is 8.42 Å². The number of aromatic nitrogens is 2. The molecule has 0 radical (unpaired) electrons. The first-order valence-corrected chi connectivity index (χ1v) is 8.96. The van der Waals surface area contributed by atoms with Gasteiger partial charge in [0.2, 0.25) is 0 Å². The third-order valence-electron chi connectivity index (χ3n) is 3.53. The Morgan fingerprint density at radius 2 is 1.86 bits per heavy atom. The Morgan fingerprint density at radius 1 is 1.24 bits per heavy atom. The molecule has 0 fully saturated rings. The summed E-state index contributed by atoms with van der Waals surface area (Å²) in [5, 5.41) is 10.1. The van der Waals surface area contributed by atoms with Crippen LogP contribution in [-0.4, -0.2) is 30.7 Å². The number of hydrogen-bond acceptors (Lipinski definition) is 4. The zero-order chi connectivity index (χ0) is 16.2. The fourth-order valence-corrected chi connectivity index (χ4v) is 3.78. The molecule has 3 N–H and O–H groups in total. The highest BCUT2D eigenvalue weighted by atomic mass is 32.2. The second-order valence-electron chi connectivity index (χ2n) is 6.05. The van der Waals surface area contributed by atoms with Crippen molar-refractivity contribution in [2.75, 3.05) is 0 Å². The maximum Gasteiger partial charge on any atom is 0.260 e. The van der Waals surface area contributed by atoms with Gasteiger partial charge < -0.3 is 5.32 Å². The first-order chi connectivity index (χ1) is 9.69. The van der Waals surface area contributed by atoms with Crippen molar-refractivity contribution in [3.8, 4) is 0 Å². The SMILES string of the molecule is CCC(NS(=O)(=O)c1n[nH]c(C)c1CNC(C)C)C(C)C. The fourth-order valence-electron chi connectivity index (χ4n) is 2.11. The third kappa shape index (κ3) is 4.79. The van der Waals surface area contributed by atoms with Crippen molar-refractivity contribution >= 4 is 10.0 Å². The van der Waals surface area contributed by atoms with Gasteiger partial charge in [0.05, 0.1) is 0 Å². The first kappa shape index (κ1) is 18.1. The molecule has 6 nitrogen and oxygen atoms in total. The van der Waals surface area contributed by atoms with Gasteiger partial charge in [0.15, 0.2) is 5.03 Å². The Balaban J connectivity index is 3.03. The number of aromatic amines is 1. The molecule has 0 aromatic carbocycles. The summed E-state index contributed by atoms with van der Waals surface area (Å²) < 4.78 is 27.9. The van der Waals surface area contributed by atoms with Crippen LogP contribution in [0.2, 0.25) is 0 Å². The van der Waals surface area contributed by atoms with Crippen LogP contribution >= 0.6 is 0 Å². The summed E-state index contributed by atoms with van der Waals surface area (Å²) >= 11 is 0. The van der Waals surface area contributed by atoms with Crippen LogP contribution < -0.4 is 10.0 Å². The molecule has 0 aliphatic carbocycles. The van der Waals surface area contributed by atoms with E-state index in [4.69, 9.17) is 0 Å². The molecule has 0 spiro atoms. The lowest BCUT2D eigenvalue weighted by Crippen LogP contribution is -2.38. The molecule has 0 bridgehead atoms. The van der Waals surface area contributed by atoms with E-state index in [9.17, 15) is 8.42 Å². The van der Waals surface area contributed by atoms with Crippen LogP contribution in [0, 0.1) is 12.8 Å². The molecule has 1 atom stereocenters. The van der Waals surface area contributed by atoms with E-state index in [0.717, 1.165) is 12.1 Å². The molecule has 122 valence electrons. The van der Waals surface area contributed by atoms with Crippen LogP contribution in [0.15, 0.2) is 5.03 Å². The van der Waals surface area contributed by atoms with Gasteiger partial charge in [-0.25, -0.2) is 13.1 Å². The average Bonchev–Trinajstić information content (AvgIpc) is 2.75. The molecule has 0 saturated heterocycles. The van der Waals surface area contributed by atoms with E-state index in [1.165, 1.54) is 0 Å². The maximum absolute atomic E-state index is 12.6. The van der Waals surface area contributed by atoms with Crippen molar-refractivity contribution in [3.05, 3.63) is 11.3 Å². The Morgan fingerprint density at radius 3 is 2.33 bits per heavy atom. The van der Waals surface area contributed by atoms with Gasteiger partial charge in [-0.2, -0.15) is 5.10 Å². The topological polar surface area (TPSA) is 86.9 Å². The van der Waals surface area contributed by atoms with Gasteiger partial charge in [-0.15, -0.1) is 0 Å². The predicted molar refractivity (Wildman–Crippen MR) is 84.5 cm³/mol. The second-order valence-corrected chi connectivity index (χ2v) is 7.68. The Hall–Kier alpha value is -0.920. The zero-order valence-corrected chi connectivity index (χ0v) is 14.6. The number of nitrogens with zero attached hydrogens (tertiary/aromatic N) is 1. The molecular weight excluding hydrogens is 288 g/mol. The van der Waals surface area contributed by atoms with Crippen molar-refractivity contribution in [2.24, 2.45) is 5.92 Å². The summed E-state index contributed by atoms with van der Waals surface area (Å²) in [5.74, 6) is 0.238. The minimum Gasteiger partial charge on any atom is -0.310 e. The van der Waals surface area contributed by atoms with Crippen LogP contribution in [0.4, 0.5) is 0 Å². The molecule has 1 aromatic heterocycles. The highest BCUT2D eigenvalue weighted by Crippen LogP contribution is 2.18. The number of rotatable bonds is 8. The third-order valence-corrected chi connectivity index (χ3v) is 4.99. The highest BCUT2D eigenvalue weighted by Gasteiger charge is 2.27. The molecule has 21 heavy (non-hydrogen) atoms. The number of aryl methyl sites for hydroxylation is 1. The van der Waals surface area contributed by atoms with Gasteiger partial charge in [-0.05, 0) is 19.3 Å². The van der Waals surface area contributed by atoms with E-state index in [0.29, 0.717) is 12.1 Å². The summed E-state index contributed by atoms with van der Waals surface area (Å²) in [6.45, 7) is 12.4. The second kappa shape index (κ2) is 7.38. The van der Waals surface area contributed by atoms with Crippen LogP contribution in [0.25, 0.3) is 0 Å². The van der Waals surface area contributed by atoms with Crippen LogP contribution in [0.5, 0.6) is 0 Å². The molecule has 1 rings (SSSR count). The van der Waals surface area contributed by atoms with E-state index >= 15 is 0 Å². The first-order valence-electron chi connectivity index (χ1n) is 7.48. The standard InChI is InChI=1S/C14H28N4O2S/c1-7-13(9(2)3)18-21(19,20)14-12(8-15-10(4)5)11(6)16-17-14/h9-10,13,15,18H,7-8H2,1-6H3,(H,16,17). The average molecular weight is 316 g/mol. The summed E-state index contributed by atoms with van der Waals surface area (Å²) in [7, 11) is -3.61. The van der Waals surface area contributed by atoms with Crippen LogP contribution in [0.3, 0.4) is 0 Å². The van der Waals surface area contributed by atoms with Crippen molar-refractivity contribution in [1.82, 2.24) is 20.2 Å². The molecule has 0 amide bonds. The molecule has 1 unspecified atom stereocenters. The van der Waals surface area contributed by atoms with Gasteiger partial charge in [-0.1, -0.05) is 34.6 Å². The van der Waals surface area contributed by atoms with E-state index in [2.05, 4.69) is 20.2 Å². The molecular formula is C14H28N4O2S. The highest BCUT2D eigenvalue weighted by molar-refractivity contribution is 7.89. The van der Waals surface area contributed by atoms with E-state index < -0.39 is 10.0 Å². The van der Waals surface area contributed by atoms with Gasteiger partial charge in [-0.3, -0.25) is 5.10 Å². The number of H-pyrrole nitrogens is 1. The lowest BCUT2D eigenvalue weighted by Gasteiger charge is -2.20. The Kier molecular flexibility index (Phi) is 6.37. The van der Waals surface area contributed by atoms with Crippen LogP contribution in [0.1, 0.15) is 52.3 Å². The minimum absolute atomic E-state index is 0.0853. The fraction of sp³-hybridized carbons (Fsp3) is 0.786. The van der Waals surface area contributed by atoms with Gasteiger partial charge >= 0.3 is 0 Å². The van der Waals surface area contributed by atoms with Crippen LogP contribution in [-0.2, 0) is 16.6 Å². The Labute approximate surface area is 128 Å². The van der Waals surface area contributed by atoms with E-state index in [-0.39, 0.29) is 23.0 Å². The molecule has 0 saturated carbocycles. The maximum atomic E-state index is 12.6. The smallest absolute Gasteiger partial charge is 0.260 e. The van der Waals surface area contributed by atoms with E-state index in [1.54, 1.807) is 0 Å². The predicted octanol–water partition coefficient (Wildman–Crippen LogP) is 1.93. The zero-order valence-electron chi connectivity index (χ0n) is 13.8. The number of nitrogens with one attached hydrogen (secondary N) is 3. The monoisotopic (exact) mass is 316 g/mol. The molecule has 0 aliphatic heterocycles. The lowest BCUT2D eigenvalue weighted by atomic mass is 10.0. The van der Waals surface area contributed by atoms with Gasteiger partial charge in [0.1, 0.15) is 0 Å². The Bertz CT molecular complexity index is 549. The van der Waals surface area contributed by atoms with Crippen molar-refractivity contribution in [1.29, 1.82) is 0 Å². The van der Waals surface area contributed by atoms with Gasteiger partial charge in [0, 0.05) is 29.9 Å². The number of hydrogen-bond donors (Lipinski definition) is 3. The molecule has 1 aromatic rings. The summed E-state index contributed by atoms with van der Waals surface area (Å²) in [4.78, 5) is 0. The summed E-state index contributed by atoms with van der Waals surface area (Å²) in [5.41, 5.74) is 1.48. The quantitative estimate of drug-likeness (QED) is 0.684. The normalized spacial score (nSPS) is 14.1.